The van der Waals surface area contributed by atoms with Gasteiger partial charge in [-0.2, -0.15) is 4.31 Å². The topological polar surface area (TPSA) is 111 Å². The van der Waals surface area contributed by atoms with Gasteiger partial charge in [0.1, 0.15) is 10.7 Å². The Morgan fingerprint density at radius 2 is 1.75 bits per heavy atom. The summed E-state index contributed by atoms with van der Waals surface area (Å²) in [4.78, 5) is 12.1. The average molecular weight is 537 g/mol. The summed E-state index contributed by atoms with van der Waals surface area (Å²) in [5.41, 5.74) is 0.392. The number of carbonyl (C=O) groups is 1. The number of aromatic hydroxyl groups is 1. The van der Waals surface area contributed by atoms with E-state index in [4.69, 9.17) is 11.6 Å². The number of phenols is 1. The van der Waals surface area contributed by atoms with Gasteiger partial charge in [-0.25, -0.2) is 17.6 Å². The third-order valence-electron chi connectivity index (χ3n) is 7.44. The standard InChI is InChI=1S/C25H30ClFN4O4S/c1-14-20(27)3-2-4-21(14)29-25(33)30-22-10-9-19(26)24(23(22)32)36(34,35)31-17-7-8-18(31)12-16(11-17)28-13-15-5-6-15/h2-4,9-10,15-18,28,32H,5-8,11-13H2,1H3,(H2,29,30,33)/t16-,17+,18-. The van der Waals surface area contributed by atoms with Crippen molar-refractivity contribution in [3.05, 3.63) is 46.7 Å². The van der Waals surface area contributed by atoms with Gasteiger partial charge in [0.2, 0.25) is 10.0 Å². The lowest BCUT2D eigenvalue weighted by Crippen LogP contribution is -2.51. The number of phenolic OH excluding ortho intramolecular Hbond substituents is 1. The Kier molecular flexibility index (Phi) is 6.88. The van der Waals surface area contributed by atoms with Crippen molar-refractivity contribution in [2.45, 2.75) is 68.5 Å². The minimum atomic E-state index is -4.13. The molecule has 3 atom stereocenters. The number of benzene rings is 2. The van der Waals surface area contributed by atoms with E-state index in [1.807, 2.05) is 0 Å². The molecule has 2 heterocycles. The fraction of sp³-hybridized carbons (Fsp3) is 0.480. The maximum atomic E-state index is 13.8. The number of halogens is 2. The second-order valence-electron chi connectivity index (χ2n) is 10.0. The zero-order valence-corrected chi connectivity index (χ0v) is 21.5. The van der Waals surface area contributed by atoms with Gasteiger partial charge in [-0.1, -0.05) is 17.7 Å². The summed E-state index contributed by atoms with van der Waals surface area (Å²) in [5, 5.41) is 19.4. The van der Waals surface area contributed by atoms with Crippen LogP contribution in [-0.2, 0) is 10.0 Å². The molecule has 0 unspecified atom stereocenters. The molecule has 0 spiro atoms. The van der Waals surface area contributed by atoms with Gasteiger partial charge in [-0.15, -0.1) is 0 Å². The normalized spacial score (nSPS) is 24.0. The monoisotopic (exact) mass is 536 g/mol. The Hall–Kier alpha value is -2.40. The molecule has 5 rings (SSSR count). The smallest absolute Gasteiger partial charge is 0.323 e. The number of urea groups is 1. The van der Waals surface area contributed by atoms with Gasteiger partial charge < -0.3 is 21.1 Å². The van der Waals surface area contributed by atoms with E-state index >= 15 is 0 Å². The minimum Gasteiger partial charge on any atom is -0.504 e. The summed E-state index contributed by atoms with van der Waals surface area (Å²) in [7, 11) is -4.13. The molecule has 0 radical (unpaired) electrons. The van der Waals surface area contributed by atoms with Crippen molar-refractivity contribution in [1.82, 2.24) is 9.62 Å². The Morgan fingerprint density at radius 3 is 2.42 bits per heavy atom. The van der Waals surface area contributed by atoms with Gasteiger partial charge in [-0.05, 0) is 82.2 Å². The van der Waals surface area contributed by atoms with Gasteiger partial charge in [0, 0.05) is 29.4 Å². The van der Waals surface area contributed by atoms with Crippen LogP contribution in [0.2, 0.25) is 5.02 Å². The molecule has 36 heavy (non-hydrogen) atoms. The molecule has 3 fully saturated rings. The van der Waals surface area contributed by atoms with Crippen LogP contribution in [-0.4, -0.2) is 48.5 Å². The van der Waals surface area contributed by atoms with Crippen molar-refractivity contribution in [3.8, 4) is 5.75 Å². The predicted molar refractivity (Wildman–Crippen MR) is 136 cm³/mol. The summed E-state index contributed by atoms with van der Waals surface area (Å²) in [6.45, 7) is 2.50. The molecule has 2 bridgehead atoms. The molecule has 3 aliphatic rings. The predicted octanol–water partition coefficient (Wildman–Crippen LogP) is 4.82. The van der Waals surface area contributed by atoms with E-state index in [2.05, 4.69) is 16.0 Å². The first-order valence-corrected chi connectivity index (χ1v) is 14.1. The second-order valence-corrected chi connectivity index (χ2v) is 12.2. The molecule has 2 amide bonds. The molecule has 8 nitrogen and oxygen atoms in total. The van der Waals surface area contributed by atoms with E-state index in [9.17, 15) is 22.7 Å². The number of anilines is 2. The SMILES string of the molecule is Cc1c(F)cccc1NC(=O)Nc1ccc(Cl)c(S(=O)(=O)N2[C@@H]3CC[C@H]2C[C@@H](NCC2CC2)C3)c1O. The summed E-state index contributed by atoms with van der Waals surface area (Å²) in [6, 6.07) is 6.12. The van der Waals surface area contributed by atoms with Crippen LogP contribution >= 0.6 is 11.6 Å². The van der Waals surface area contributed by atoms with Crippen LogP contribution in [0.4, 0.5) is 20.6 Å². The maximum Gasteiger partial charge on any atom is 0.323 e. The molecule has 4 N–H and O–H groups in total. The summed E-state index contributed by atoms with van der Waals surface area (Å²) >= 11 is 6.30. The van der Waals surface area contributed by atoms with Crippen molar-refractivity contribution < 1.29 is 22.7 Å². The Morgan fingerprint density at radius 1 is 1.08 bits per heavy atom. The van der Waals surface area contributed by atoms with Crippen LogP contribution in [0.3, 0.4) is 0 Å². The molecule has 2 saturated heterocycles. The second kappa shape index (κ2) is 9.81. The van der Waals surface area contributed by atoms with E-state index in [1.165, 1.54) is 54.4 Å². The lowest BCUT2D eigenvalue weighted by molar-refractivity contribution is 0.206. The van der Waals surface area contributed by atoms with E-state index < -0.39 is 32.5 Å². The average Bonchev–Trinajstić information content (AvgIpc) is 3.60. The van der Waals surface area contributed by atoms with Gasteiger partial charge in [0.25, 0.3) is 0 Å². The highest BCUT2D eigenvalue weighted by atomic mass is 35.5. The van der Waals surface area contributed by atoms with Crippen molar-refractivity contribution in [3.63, 3.8) is 0 Å². The summed E-state index contributed by atoms with van der Waals surface area (Å²) < 4.78 is 42.9. The van der Waals surface area contributed by atoms with Crippen molar-refractivity contribution in [2.75, 3.05) is 17.2 Å². The molecular weight excluding hydrogens is 507 g/mol. The number of piperidine rings is 1. The van der Waals surface area contributed by atoms with E-state index in [-0.39, 0.29) is 40.1 Å². The fourth-order valence-corrected chi connectivity index (χ4v) is 7.86. The first-order chi connectivity index (χ1) is 17.1. The molecule has 194 valence electrons. The highest BCUT2D eigenvalue weighted by molar-refractivity contribution is 7.89. The van der Waals surface area contributed by atoms with E-state index in [0.29, 0.717) is 12.8 Å². The molecular formula is C25H30ClFN4O4S. The largest absolute Gasteiger partial charge is 0.504 e. The van der Waals surface area contributed by atoms with Crippen molar-refractivity contribution >= 4 is 39.0 Å². The van der Waals surface area contributed by atoms with Gasteiger partial charge >= 0.3 is 6.03 Å². The maximum absolute atomic E-state index is 13.8. The van der Waals surface area contributed by atoms with Crippen LogP contribution in [0.5, 0.6) is 5.75 Å². The number of rotatable bonds is 7. The number of carbonyl (C=O) groups excluding carboxylic acids is 1. The number of hydrogen-bond acceptors (Lipinski definition) is 5. The quantitative estimate of drug-likeness (QED) is 0.379. The number of sulfonamides is 1. The van der Waals surface area contributed by atoms with Crippen LogP contribution in [0.1, 0.15) is 44.1 Å². The van der Waals surface area contributed by atoms with Gasteiger partial charge in [0.15, 0.2) is 5.75 Å². The third-order valence-corrected chi connectivity index (χ3v) is 9.95. The van der Waals surface area contributed by atoms with Gasteiger partial charge in [0.05, 0.1) is 10.7 Å². The number of amides is 2. The third kappa shape index (κ3) is 4.91. The lowest BCUT2D eigenvalue weighted by atomic mass is 9.99. The highest BCUT2D eigenvalue weighted by Crippen LogP contribution is 2.45. The molecule has 2 aromatic rings. The zero-order valence-electron chi connectivity index (χ0n) is 19.9. The number of nitrogens with zero attached hydrogens (tertiary/aromatic N) is 1. The van der Waals surface area contributed by atoms with Crippen LogP contribution in [0.25, 0.3) is 0 Å². The lowest BCUT2D eigenvalue weighted by Gasteiger charge is -2.38. The molecule has 2 aliphatic heterocycles. The van der Waals surface area contributed by atoms with Crippen molar-refractivity contribution in [2.24, 2.45) is 5.92 Å². The Bertz CT molecular complexity index is 1270. The Balaban J connectivity index is 1.35. The van der Waals surface area contributed by atoms with Crippen LogP contribution in [0, 0.1) is 18.7 Å². The first-order valence-electron chi connectivity index (χ1n) is 12.3. The molecule has 1 aliphatic carbocycles. The molecule has 1 saturated carbocycles. The first kappa shape index (κ1) is 25.3. The van der Waals surface area contributed by atoms with Crippen LogP contribution < -0.4 is 16.0 Å². The van der Waals surface area contributed by atoms with Gasteiger partial charge in [-0.3, -0.25) is 0 Å². The molecule has 2 aromatic carbocycles. The number of hydrogen-bond donors (Lipinski definition) is 4. The van der Waals surface area contributed by atoms with Crippen LogP contribution in [0.15, 0.2) is 35.2 Å². The summed E-state index contributed by atoms with van der Waals surface area (Å²) in [6.07, 6.45) is 5.47. The molecule has 0 aromatic heterocycles. The van der Waals surface area contributed by atoms with E-state index in [1.54, 1.807) is 0 Å². The fourth-order valence-electron chi connectivity index (χ4n) is 5.37. The number of fused-ring (bicyclic) bond motifs is 2. The Labute approximate surface area is 215 Å². The minimum absolute atomic E-state index is 0.113. The van der Waals surface area contributed by atoms with E-state index in [0.717, 1.165) is 25.3 Å². The summed E-state index contributed by atoms with van der Waals surface area (Å²) in [5.74, 6) is -0.351. The van der Waals surface area contributed by atoms with Crippen molar-refractivity contribution in [1.29, 1.82) is 0 Å². The highest BCUT2D eigenvalue weighted by Gasteiger charge is 2.48. The number of nitrogens with one attached hydrogen (secondary N) is 3. The zero-order chi connectivity index (χ0) is 25.6. The molecule has 11 heteroatoms.